The van der Waals surface area contributed by atoms with Crippen molar-refractivity contribution in [3.8, 4) is 11.5 Å². The van der Waals surface area contributed by atoms with Crippen molar-refractivity contribution < 1.29 is 27.1 Å². The Hall–Kier alpha value is -2.97. The van der Waals surface area contributed by atoms with Gasteiger partial charge in [0.25, 0.3) is 5.91 Å². The number of hydrogen-bond acceptors (Lipinski definition) is 6. The van der Waals surface area contributed by atoms with E-state index < -0.39 is 15.7 Å². The summed E-state index contributed by atoms with van der Waals surface area (Å²) in [7, 11) is -3.58. The first-order chi connectivity index (χ1) is 14.4. The molecular weight excluding hydrogens is 430 g/mol. The topological polar surface area (TPSA) is 94.8 Å². The van der Waals surface area contributed by atoms with E-state index in [1.54, 1.807) is 30.3 Å². The lowest BCUT2D eigenvalue weighted by Crippen LogP contribution is -2.11. The molecule has 0 saturated heterocycles. The van der Waals surface area contributed by atoms with Crippen LogP contribution in [-0.4, -0.2) is 27.5 Å². The maximum absolute atomic E-state index is 12.6. The van der Waals surface area contributed by atoms with Gasteiger partial charge >= 0.3 is 0 Å². The highest BCUT2D eigenvalue weighted by Crippen LogP contribution is 2.37. The van der Waals surface area contributed by atoms with E-state index in [1.165, 1.54) is 24.3 Å². The van der Waals surface area contributed by atoms with Gasteiger partial charge in [0.05, 0.1) is 28.8 Å². The van der Waals surface area contributed by atoms with Crippen molar-refractivity contribution in [3.05, 3.63) is 71.1 Å². The Morgan fingerprint density at radius 2 is 1.70 bits per heavy atom. The predicted octanol–water partition coefficient (Wildman–Crippen LogP) is 4.32. The van der Waals surface area contributed by atoms with E-state index in [2.05, 4.69) is 5.32 Å². The van der Waals surface area contributed by atoms with Gasteiger partial charge in [0, 0.05) is 18.6 Å². The second-order valence-electron chi connectivity index (χ2n) is 6.62. The fourth-order valence-electron chi connectivity index (χ4n) is 2.94. The molecule has 2 aromatic carbocycles. The van der Waals surface area contributed by atoms with E-state index in [1.807, 2.05) is 0 Å². The molecule has 1 aromatic heterocycles. The molecule has 0 fully saturated rings. The van der Waals surface area contributed by atoms with Crippen LogP contribution in [-0.2, 0) is 15.6 Å². The van der Waals surface area contributed by atoms with Crippen LogP contribution in [0.3, 0.4) is 0 Å². The maximum atomic E-state index is 12.6. The molecule has 1 N–H and O–H groups in total. The smallest absolute Gasteiger partial charge is 0.291 e. The summed E-state index contributed by atoms with van der Waals surface area (Å²) < 4.78 is 41.6. The number of anilines is 1. The summed E-state index contributed by atoms with van der Waals surface area (Å²) in [6, 6.07) is 14.1. The summed E-state index contributed by atoms with van der Waals surface area (Å²) in [5.74, 6) is 0.220. The number of sulfone groups is 1. The number of rotatable bonds is 5. The quantitative estimate of drug-likeness (QED) is 0.625. The Kier molecular flexibility index (Phi) is 5.69. The van der Waals surface area contributed by atoms with Gasteiger partial charge in [-0.1, -0.05) is 29.8 Å². The minimum Gasteiger partial charge on any atom is -0.490 e. The van der Waals surface area contributed by atoms with Crippen LogP contribution >= 0.6 is 11.6 Å². The molecule has 0 unspecified atom stereocenters. The third-order valence-electron chi connectivity index (χ3n) is 4.41. The number of halogens is 1. The van der Waals surface area contributed by atoms with Crippen LogP contribution in [0.25, 0.3) is 0 Å². The summed E-state index contributed by atoms with van der Waals surface area (Å²) in [6.07, 6.45) is 0.745. The molecule has 0 saturated carbocycles. The summed E-state index contributed by atoms with van der Waals surface area (Å²) in [5.41, 5.74) is 0.334. The van der Waals surface area contributed by atoms with Crippen LogP contribution in [0.1, 0.15) is 22.7 Å². The highest BCUT2D eigenvalue weighted by atomic mass is 35.5. The summed E-state index contributed by atoms with van der Waals surface area (Å²) in [5, 5.41) is 2.94. The molecule has 156 valence electrons. The number of nitrogens with one attached hydrogen (secondary N) is 1. The lowest BCUT2D eigenvalue weighted by molar-refractivity contribution is 0.0995. The Morgan fingerprint density at radius 3 is 2.43 bits per heavy atom. The van der Waals surface area contributed by atoms with Crippen LogP contribution in [0.5, 0.6) is 11.5 Å². The van der Waals surface area contributed by atoms with Crippen LogP contribution in [0.15, 0.2) is 63.9 Å². The number of furan rings is 1. The zero-order valence-corrected chi connectivity index (χ0v) is 17.3. The average molecular weight is 448 g/mol. The van der Waals surface area contributed by atoms with Gasteiger partial charge in [0.2, 0.25) is 0 Å². The van der Waals surface area contributed by atoms with Gasteiger partial charge in [-0.2, -0.15) is 0 Å². The molecular formula is C21H18ClNO6S. The SMILES string of the molecule is O=C(Nc1cc2c(cc1Cl)OCCCO2)c1ccc(CS(=O)(=O)c2ccccc2)o1. The summed E-state index contributed by atoms with van der Waals surface area (Å²) >= 11 is 6.25. The van der Waals surface area contributed by atoms with Crippen molar-refractivity contribution in [3.63, 3.8) is 0 Å². The van der Waals surface area contributed by atoms with Gasteiger partial charge < -0.3 is 19.2 Å². The summed E-state index contributed by atoms with van der Waals surface area (Å²) in [6.45, 7) is 1.02. The minimum absolute atomic E-state index is 0.0311. The highest BCUT2D eigenvalue weighted by molar-refractivity contribution is 7.90. The van der Waals surface area contributed by atoms with E-state index in [9.17, 15) is 13.2 Å². The number of carbonyl (C=O) groups is 1. The summed E-state index contributed by atoms with van der Waals surface area (Å²) in [4.78, 5) is 12.8. The Bertz CT molecular complexity index is 1170. The molecule has 1 aliphatic heterocycles. The number of fused-ring (bicyclic) bond motifs is 1. The number of carbonyl (C=O) groups excluding carboxylic acids is 1. The van der Waals surface area contributed by atoms with E-state index in [4.69, 9.17) is 25.5 Å². The molecule has 1 amide bonds. The van der Waals surface area contributed by atoms with Crippen molar-refractivity contribution in [2.24, 2.45) is 0 Å². The standard InChI is InChI=1S/C21H18ClNO6S/c22-16-11-19-20(28-10-4-9-27-19)12-17(16)23-21(24)18-8-7-14(29-18)13-30(25,26)15-5-2-1-3-6-15/h1-3,5-8,11-12H,4,9-10,13H2,(H,23,24). The Balaban J connectivity index is 1.49. The Labute approximate surface area is 178 Å². The molecule has 4 rings (SSSR count). The molecule has 7 nitrogen and oxygen atoms in total. The molecule has 2 heterocycles. The van der Waals surface area contributed by atoms with Gasteiger partial charge in [0.1, 0.15) is 11.5 Å². The first kappa shape index (κ1) is 20.3. The molecule has 0 bridgehead atoms. The van der Waals surface area contributed by atoms with Crippen LogP contribution < -0.4 is 14.8 Å². The van der Waals surface area contributed by atoms with Crippen LogP contribution in [0, 0.1) is 0 Å². The predicted molar refractivity (Wildman–Crippen MR) is 111 cm³/mol. The highest BCUT2D eigenvalue weighted by Gasteiger charge is 2.21. The van der Waals surface area contributed by atoms with Gasteiger partial charge in [-0.15, -0.1) is 0 Å². The molecule has 1 aliphatic rings. The average Bonchev–Trinajstić information content (AvgIpc) is 3.07. The van der Waals surface area contributed by atoms with Crippen molar-refractivity contribution in [2.75, 3.05) is 18.5 Å². The molecule has 30 heavy (non-hydrogen) atoms. The fraction of sp³-hybridized carbons (Fsp3) is 0.190. The number of hydrogen-bond donors (Lipinski definition) is 1. The third kappa shape index (κ3) is 4.44. The third-order valence-corrected chi connectivity index (χ3v) is 6.37. The molecule has 9 heteroatoms. The van der Waals surface area contributed by atoms with Gasteiger partial charge in [-0.05, 0) is 24.3 Å². The molecule has 0 radical (unpaired) electrons. The van der Waals surface area contributed by atoms with Crippen LogP contribution in [0.4, 0.5) is 5.69 Å². The molecule has 0 spiro atoms. The largest absolute Gasteiger partial charge is 0.490 e. The first-order valence-electron chi connectivity index (χ1n) is 9.19. The van der Waals surface area contributed by atoms with Crippen molar-refractivity contribution in [1.82, 2.24) is 0 Å². The zero-order valence-electron chi connectivity index (χ0n) is 15.8. The number of ether oxygens (including phenoxy) is 2. The zero-order chi connectivity index (χ0) is 21.1. The van der Waals surface area contributed by atoms with Crippen molar-refractivity contribution in [1.29, 1.82) is 0 Å². The fourth-order valence-corrected chi connectivity index (χ4v) is 4.41. The molecule has 0 atom stereocenters. The maximum Gasteiger partial charge on any atom is 0.291 e. The van der Waals surface area contributed by atoms with Gasteiger partial charge in [0.15, 0.2) is 27.1 Å². The number of benzene rings is 2. The lowest BCUT2D eigenvalue weighted by Gasteiger charge is -2.12. The van der Waals surface area contributed by atoms with E-state index in [-0.39, 0.29) is 27.2 Å². The van der Waals surface area contributed by atoms with Crippen molar-refractivity contribution in [2.45, 2.75) is 17.1 Å². The molecule has 3 aromatic rings. The van der Waals surface area contributed by atoms with Gasteiger partial charge in [-0.3, -0.25) is 4.79 Å². The van der Waals surface area contributed by atoms with Crippen molar-refractivity contribution >= 4 is 33.0 Å². The van der Waals surface area contributed by atoms with E-state index >= 15 is 0 Å². The monoisotopic (exact) mass is 447 g/mol. The second kappa shape index (κ2) is 8.41. The first-order valence-corrected chi connectivity index (χ1v) is 11.2. The lowest BCUT2D eigenvalue weighted by atomic mass is 10.2. The van der Waals surface area contributed by atoms with Crippen LogP contribution in [0.2, 0.25) is 5.02 Å². The normalized spacial score (nSPS) is 13.5. The second-order valence-corrected chi connectivity index (χ2v) is 9.02. The molecule has 0 aliphatic carbocycles. The number of amides is 1. The Morgan fingerprint density at radius 1 is 1.00 bits per heavy atom. The van der Waals surface area contributed by atoms with E-state index in [0.717, 1.165) is 6.42 Å². The van der Waals surface area contributed by atoms with Gasteiger partial charge in [-0.25, -0.2) is 8.42 Å². The minimum atomic E-state index is -3.58. The van der Waals surface area contributed by atoms with E-state index in [0.29, 0.717) is 30.4 Å².